The van der Waals surface area contributed by atoms with Crippen molar-refractivity contribution in [3.63, 3.8) is 0 Å². The van der Waals surface area contributed by atoms with E-state index in [1.807, 2.05) is 72.8 Å². The summed E-state index contributed by atoms with van der Waals surface area (Å²) < 4.78 is 0. The molecule has 0 fully saturated rings. The Bertz CT molecular complexity index is 2800. The lowest BCUT2D eigenvalue weighted by Crippen LogP contribution is -2.67. The zero-order valence-electron chi connectivity index (χ0n) is 42.6. The number of nitrogens with one attached hydrogen (secondary N) is 4. The highest BCUT2D eigenvalue weighted by Crippen LogP contribution is 2.68. The van der Waals surface area contributed by atoms with Gasteiger partial charge in [0, 0.05) is 30.5 Å². The van der Waals surface area contributed by atoms with Crippen molar-refractivity contribution in [2.45, 2.75) is 125 Å². The molecule has 16 heteroatoms. The second-order valence-electron chi connectivity index (χ2n) is 21.0. The van der Waals surface area contributed by atoms with Gasteiger partial charge in [0.05, 0.1) is 19.3 Å². The van der Waals surface area contributed by atoms with E-state index in [9.17, 15) is 19.2 Å². The van der Waals surface area contributed by atoms with Crippen LogP contribution in [0.25, 0.3) is 0 Å². The zero-order chi connectivity index (χ0) is 51.7. The van der Waals surface area contributed by atoms with Gasteiger partial charge in [0.25, 0.3) is 0 Å². The lowest BCUT2D eigenvalue weighted by molar-refractivity contribution is -0.141. The molecule has 3 aliphatic rings. The summed E-state index contributed by atoms with van der Waals surface area (Å²) >= 11 is 2.74. The third-order valence-electron chi connectivity index (χ3n) is 15.2. The number of carbonyl (C=O) groups excluding carboxylic acids is 4. The van der Waals surface area contributed by atoms with E-state index in [0.29, 0.717) is 48.1 Å². The van der Waals surface area contributed by atoms with Crippen molar-refractivity contribution in [2.75, 3.05) is 10.6 Å². The second-order valence-corrected chi connectivity index (χ2v) is 23.1. The van der Waals surface area contributed by atoms with Crippen LogP contribution in [0.5, 0.6) is 0 Å². The maximum atomic E-state index is 14.3. The molecule has 4 bridgehead atoms. The molecule has 0 saturated heterocycles. The molecule has 0 spiro atoms. The number of hydrogen-bond acceptors (Lipinski definition) is 12. The van der Waals surface area contributed by atoms with E-state index < -0.39 is 16.4 Å². The topological polar surface area (TPSA) is 220 Å². The molecular weight excluding hydrogens is 941 g/mol. The normalized spacial score (nSPS) is 22.8. The molecule has 380 valence electrons. The van der Waals surface area contributed by atoms with Crippen molar-refractivity contribution in [1.82, 2.24) is 31.0 Å². The van der Waals surface area contributed by atoms with Gasteiger partial charge < -0.3 is 32.7 Å². The summed E-state index contributed by atoms with van der Waals surface area (Å²) in [7, 11) is 0. The molecular formula is C56H70N10O4S2. The molecule has 2 aliphatic heterocycles. The minimum atomic E-state index is -0.733. The number of carbonyl (C=O) groups is 4. The summed E-state index contributed by atoms with van der Waals surface area (Å²) in [6, 6.07) is 27.6. The number of anilines is 2. The number of nitrogens with two attached hydrogens (primary N) is 2. The minimum Gasteiger partial charge on any atom is -0.402 e. The van der Waals surface area contributed by atoms with Crippen molar-refractivity contribution >= 4 is 56.6 Å². The monoisotopic (exact) mass is 1010 g/mol. The van der Waals surface area contributed by atoms with Gasteiger partial charge >= 0.3 is 0 Å². The SMILES string of the molecule is CC1C(CC(=O)Nc2nnc(CCCC/C(N)=C/C=C(\N)NC(=O)Cc3ccccc3)s2)=CC1(C)C1(C(C)(C)C)Cc2ccc(cc2)CC(=O)Nc2nnc(s2)CCC(C)(NC(=O)Cc2ccccc2)C1C. The first-order valence-corrected chi connectivity index (χ1v) is 26.5. The summed E-state index contributed by atoms with van der Waals surface area (Å²) in [5.74, 6) is -0.436. The van der Waals surface area contributed by atoms with Crippen LogP contribution in [0.15, 0.2) is 120 Å². The Hall–Kier alpha value is -6.52. The predicted molar refractivity (Wildman–Crippen MR) is 287 cm³/mol. The summed E-state index contributed by atoms with van der Waals surface area (Å²) in [6.45, 7) is 16.0. The lowest BCUT2D eigenvalue weighted by atomic mass is 9.37. The van der Waals surface area contributed by atoms with Crippen molar-refractivity contribution in [3.8, 4) is 0 Å². The lowest BCUT2D eigenvalue weighted by Gasteiger charge is -2.67. The molecule has 14 nitrogen and oxygen atoms in total. The number of unbranched alkanes of at least 4 members (excludes halogenated alkanes) is 1. The summed E-state index contributed by atoms with van der Waals surface area (Å²) in [4.78, 5) is 53.5. The van der Waals surface area contributed by atoms with Gasteiger partial charge in [0.15, 0.2) is 0 Å². The molecule has 2 aromatic heterocycles. The average molecular weight is 1010 g/mol. The maximum Gasteiger partial charge on any atom is 0.230 e. The van der Waals surface area contributed by atoms with E-state index in [1.54, 1.807) is 12.2 Å². The molecule has 0 radical (unpaired) electrons. The third-order valence-corrected chi connectivity index (χ3v) is 17.0. The van der Waals surface area contributed by atoms with Crippen LogP contribution in [0.2, 0.25) is 0 Å². The Kier molecular flexibility index (Phi) is 17.0. The highest BCUT2D eigenvalue weighted by molar-refractivity contribution is 7.15. The standard InChI is InChI=1S/C56H70N10O4S2/c1-36-42(33-47(69)61-52-65-63-49(71-52)21-15-14-20-43(57)26-27-44(58)59-45(67)30-38-16-10-8-11-17-38)35-54(36,6)56(53(3,4)5)34-41-24-22-40(23-25-41)31-46(68)60-51-66-64-50(72-51)28-29-55(7,37(56)2)62-48(70)32-39-18-12-9-13-19-39/h8-13,16-19,22-27,35-37H,14-15,20-21,28-34,57-58H2,1-7H3,(H,59,67)(H,62,70)(H,60,66,68)(H,61,65,69)/b43-26-,44-27+. The Morgan fingerprint density at radius 1 is 0.792 bits per heavy atom. The van der Waals surface area contributed by atoms with Crippen molar-refractivity contribution in [1.29, 1.82) is 0 Å². The fraction of sp³-hybridized carbons (Fsp3) is 0.429. The second kappa shape index (κ2) is 22.9. The van der Waals surface area contributed by atoms with Gasteiger partial charge in [-0.1, -0.05) is 161 Å². The minimum absolute atomic E-state index is 0.00488. The largest absolute Gasteiger partial charge is 0.402 e. The van der Waals surface area contributed by atoms with Gasteiger partial charge in [0.2, 0.25) is 33.9 Å². The Morgan fingerprint density at radius 3 is 2.10 bits per heavy atom. The first-order chi connectivity index (χ1) is 34.2. The molecule has 5 aromatic rings. The highest BCUT2D eigenvalue weighted by Gasteiger charge is 2.65. The van der Waals surface area contributed by atoms with Gasteiger partial charge in [-0.15, -0.1) is 20.4 Å². The van der Waals surface area contributed by atoms with Gasteiger partial charge in [-0.05, 0) is 102 Å². The van der Waals surface area contributed by atoms with Crippen molar-refractivity contribution < 1.29 is 19.2 Å². The maximum absolute atomic E-state index is 14.3. The Labute approximate surface area is 432 Å². The summed E-state index contributed by atoms with van der Waals surface area (Å²) in [6.07, 6.45) is 11.3. The molecule has 1 aliphatic carbocycles. The number of rotatable bonds is 16. The Balaban J connectivity index is 1.05. The fourth-order valence-electron chi connectivity index (χ4n) is 11.1. The van der Waals surface area contributed by atoms with Gasteiger partial charge in [0.1, 0.15) is 15.8 Å². The fourth-order valence-corrected chi connectivity index (χ4v) is 12.7. The number of hydrogen-bond donors (Lipinski definition) is 6. The Morgan fingerprint density at radius 2 is 1.44 bits per heavy atom. The van der Waals surface area contributed by atoms with Crippen molar-refractivity contribution in [3.05, 3.63) is 153 Å². The zero-order valence-corrected chi connectivity index (χ0v) is 44.3. The molecule has 0 saturated carbocycles. The van der Waals surface area contributed by atoms with E-state index in [0.717, 1.165) is 50.7 Å². The van der Waals surface area contributed by atoms with Crippen LogP contribution in [0.1, 0.15) is 113 Å². The smallest absolute Gasteiger partial charge is 0.230 e. The molecule has 4 amide bonds. The summed E-state index contributed by atoms with van der Waals surface area (Å²) in [5.41, 5.74) is 15.8. The predicted octanol–water partition coefficient (Wildman–Crippen LogP) is 9.17. The number of allylic oxidation sites excluding steroid dienone is 4. The van der Waals surface area contributed by atoms with Crippen LogP contribution in [-0.4, -0.2) is 49.6 Å². The van der Waals surface area contributed by atoms with Crippen LogP contribution >= 0.6 is 22.7 Å². The first-order valence-electron chi connectivity index (χ1n) is 24.9. The van der Waals surface area contributed by atoms with Crippen molar-refractivity contribution in [2.24, 2.45) is 39.5 Å². The molecule has 5 unspecified atom stereocenters. The number of fused-ring (bicyclic) bond motifs is 9. The van der Waals surface area contributed by atoms with Crippen LogP contribution in [0.4, 0.5) is 10.3 Å². The quantitative estimate of drug-likeness (QED) is 0.0313. The van der Waals surface area contributed by atoms with E-state index in [4.69, 9.17) is 11.5 Å². The molecule has 3 aromatic carbocycles. The van der Waals surface area contributed by atoms with Crippen LogP contribution < -0.4 is 32.7 Å². The third kappa shape index (κ3) is 12.9. The van der Waals surface area contributed by atoms with Gasteiger partial charge in [-0.25, -0.2) is 0 Å². The van der Waals surface area contributed by atoms with E-state index in [-0.39, 0.29) is 72.4 Å². The van der Waals surface area contributed by atoms with Gasteiger partial charge in [-0.2, -0.15) is 0 Å². The molecule has 8 N–H and O–H groups in total. The average Bonchev–Trinajstić information content (AvgIpc) is 3.99. The molecule has 5 atom stereocenters. The summed E-state index contributed by atoms with van der Waals surface area (Å²) in [5, 5.41) is 32.2. The van der Waals surface area contributed by atoms with Crippen LogP contribution in [0, 0.1) is 28.1 Å². The van der Waals surface area contributed by atoms with E-state index >= 15 is 0 Å². The number of aromatic nitrogens is 4. The van der Waals surface area contributed by atoms with Gasteiger partial charge in [-0.3, -0.25) is 19.2 Å². The van der Waals surface area contributed by atoms with E-state index in [1.165, 1.54) is 22.7 Å². The highest BCUT2D eigenvalue weighted by atomic mass is 32.1. The number of amides is 4. The van der Waals surface area contributed by atoms with Crippen LogP contribution in [0.3, 0.4) is 0 Å². The first kappa shape index (κ1) is 53.3. The molecule has 72 heavy (non-hydrogen) atoms. The number of nitrogens with zero attached hydrogens (tertiary/aromatic N) is 4. The van der Waals surface area contributed by atoms with Crippen LogP contribution in [-0.2, 0) is 57.7 Å². The molecule has 8 rings (SSSR count). The van der Waals surface area contributed by atoms with E-state index in [2.05, 4.69) is 108 Å². The molecule has 4 heterocycles. The number of benzene rings is 3. The number of aryl methyl sites for hydroxylation is 2.